The minimum absolute atomic E-state index is 0.430. The summed E-state index contributed by atoms with van der Waals surface area (Å²) in [6.45, 7) is 0. The molecule has 0 aliphatic carbocycles. The van der Waals surface area contributed by atoms with Gasteiger partial charge in [0.05, 0.1) is 11.2 Å². The predicted molar refractivity (Wildman–Crippen MR) is 112 cm³/mol. The van der Waals surface area contributed by atoms with Crippen molar-refractivity contribution in [2.45, 2.75) is 0 Å². The van der Waals surface area contributed by atoms with Gasteiger partial charge in [0, 0.05) is 36.8 Å². The maximum atomic E-state index is 11.9. The molecule has 0 atom stereocenters. The summed E-state index contributed by atoms with van der Waals surface area (Å²) in [5.41, 5.74) is 10.3. The molecule has 0 unspecified atom stereocenters. The van der Waals surface area contributed by atoms with E-state index >= 15 is 0 Å². The molecule has 0 spiro atoms. The average molecular weight is 385 g/mol. The SMILES string of the molecule is CN(C)C(=O)Oc1cccc(-c2ncccc2-c2ccc3ncnc(N)c3c2)c1. The second-order valence-electron chi connectivity index (χ2n) is 6.68. The molecule has 0 saturated heterocycles. The molecule has 0 aliphatic rings. The van der Waals surface area contributed by atoms with Crippen LogP contribution in [0.4, 0.5) is 10.6 Å². The Morgan fingerprint density at radius 2 is 1.83 bits per heavy atom. The highest BCUT2D eigenvalue weighted by atomic mass is 16.6. The monoisotopic (exact) mass is 385 g/mol. The largest absolute Gasteiger partial charge is 0.414 e. The highest BCUT2D eigenvalue weighted by molar-refractivity contribution is 5.93. The molecule has 2 aromatic carbocycles. The molecule has 29 heavy (non-hydrogen) atoms. The van der Waals surface area contributed by atoms with Crippen molar-refractivity contribution in [1.29, 1.82) is 0 Å². The number of carbonyl (C=O) groups is 1. The van der Waals surface area contributed by atoms with Crippen molar-refractivity contribution in [3.8, 4) is 28.1 Å². The molecule has 2 N–H and O–H groups in total. The molecule has 144 valence electrons. The van der Waals surface area contributed by atoms with Gasteiger partial charge in [-0.1, -0.05) is 24.3 Å². The van der Waals surface area contributed by atoms with Gasteiger partial charge in [-0.15, -0.1) is 0 Å². The first-order valence-corrected chi connectivity index (χ1v) is 8.98. The van der Waals surface area contributed by atoms with Crippen molar-refractivity contribution in [3.63, 3.8) is 0 Å². The van der Waals surface area contributed by atoms with Crippen LogP contribution in [-0.4, -0.2) is 40.0 Å². The number of aromatic nitrogens is 3. The first-order chi connectivity index (χ1) is 14.0. The molecule has 0 bridgehead atoms. The molecule has 4 rings (SSSR count). The minimum atomic E-state index is -0.437. The number of carbonyl (C=O) groups excluding carboxylic acids is 1. The van der Waals surface area contributed by atoms with Crippen molar-refractivity contribution in [3.05, 3.63) is 67.1 Å². The number of nitrogens with two attached hydrogens (primary N) is 1. The Balaban J connectivity index is 1.79. The van der Waals surface area contributed by atoms with E-state index in [1.807, 2.05) is 42.5 Å². The van der Waals surface area contributed by atoms with Crippen LogP contribution in [0.25, 0.3) is 33.3 Å². The molecule has 1 amide bonds. The van der Waals surface area contributed by atoms with Crippen LogP contribution in [0.2, 0.25) is 0 Å². The first-order valence-electron chi connectivity index (χ1n) is 8.98. The molecule has 0 saturated carbocycles. The lowest BCUT2D eigenvalue weighted by molar-refractivity contribution is 0.172. The number of ether oxygens (including phenoxy) is 1. The Kier molecular flexibility index (Phi) is 4.78. The third-order valence-corrected chi connectivity index (χ3v) is 4.46. The summed E-state index contributed by atoms with van der Waals surface area (Å²) < 4.78 is 5.38. The van der Waals surface area contributed by atoms with Crippen LogP contribution in [0, 0.1) is 0 Å². The predicted octanol–water partition coefficient (Wildman–Crippen LogP) is 4.00. The van der Waals surface area contributed by atoms with Crippen molar-refractivity contribution in [2.24, 2.45) is 0 Å². The first kappa shape index (κ1) is 18.4. The minimum Gasteiger partial charge on any atom is -0.410 e. The number of amides is 1. The number of nitrogen functional groups attached to an aromatic ring is 1. The molecule has 7 nitrogen and oxygen atoms in total. The van der Waals surface area contributed by atoms with Crippen molar-refractivity contribution in [1.82, 2.24) is 19.9 Å². The van der Waals surface area contributed by atoms with E-state index < -0.39 is 6.09 Å². The molecular formula is C22H19N5O2. The Labute approximate surface area is 167 Å². The zero-order chi connectivity index (χ0) is 20.4. The highest BCUT2D eigenvalue weighted by Gasteiger charge is 2.13. The fraction of sp³-hybridized carbons (Fsp3) is 0.0909. The van der Waals surface area contributed by atoms with Gasteiger partial charge in [0.2, 0.25) is 0 Å². The van der Waals surface area contributed by atoms with Crippen LogP contribution in [0.5, 0.6) is 5.75 Å². The van der Waals surface area contributed by atoms with Crippen LogP contribution < -0.4 is 10.5 Å². The number of nitrogens with zero attached hydrogens (tertiary/aromatic N) is 4. The third kappa shape index (κ3) is 3.70. The number of rotatable bonds is 3. The smallest absolute Gasteiger partial charge is 0.410 e. The normalized spacial score (nSPS) is 10.7. The molecule has 4 aromatic rings. The summed E-state index contributed by atoms with van der Waals surface area (Å²) >= 11 is 0. The fourth-order valence-electron chi connectivity index (χ4n) is 3.01. The number of fused-ring (bicyclic) bond motifs is 1. The van der Waals surface area contributed by atoms with Gasteiger partial charge in [0.25, 0.3) is 0 Å². The van der Waals surface area contributed by atoms with Crippen LogP contribution >= 0.6 is 0 Å². The Morgan fingerprint density at radius 3 is 2.66 bits per heavy atom. The van der Waals surface area contributed by atoms with Crippen LogP contribution in [0.3, 0.4) is 0 Å². The van der Waals surface area contributed by atoms with Gasteiger partial charge in [-0.25, -0.2) is 14.8 Å². The molecular weight excluding hydrogens is 366 g/mol. The van der Waals surface area contributed by atoms with Gasteiger partial charge < -0.3 is 15.4 Å². The van der Waals surface area contributed by atoms with Gasteiger partial charge >= 0.3 is 6.09 Å². The number of benzene rings is 2. The average Bonchev–Trinajstić information content (AvgIpc) is 2.74. The van der Waals surface area contributed by atoms with Crippen LogP contribution in [-0.2, 0) is 0 Å². The van der Waals surface area contributed by atoms with Gasteiger partial charge in [0.15, 0.2) is 0 Å². The second kappa shape index (κ2) is 7.55. The molecule has 2 aromatic heterocycles. The molecule has 0 radical (unpaired) electrons. The Hall–Kier alpha value is -4.00. The van der Waals surface area contributed by atoms with Crippen molar-refractivity contribution >= 4 is 22.8 Å². The standard InChI is InChI=1S/C22H19N5O2/c1-27(2)22(28)29-16-6-3-5-15(11-16)20-17(7-4-10-24-20)14-8-9-19-18(12-14)21(23)26-13-25-19/h3-13H,1-2H3,(H2,23,25,26). The quantitative estimate of drug-likeness (QED) is 0.573. The summed E-state index contributed by atoms with van der Waals surface area (Å²) in [5, 5.41) is 0.786. The third-order valence-electron chi connectivity index (χ3n) is 4.46. The van der Waals surface area contributed by atoms with Gasteiger partial charge in [0.1, 0.15) is 17.9 Å². The summed E-state index contributed by atoms with van der Waals surface area (Å²) in [6, 6.07) is 17.0. The van der Waals surface area contributed by atoms with Crippen molar-refractivity contribution < 1.29 is 9.53 Å². The van der Waals surface area contributed by atoms with E-state index in [-0.39, 0.29) is 0 Å². The van der Waals surface area contributed by atoms with E-state index in [1.165, 1.54) is 11.2 Å². The van der Waals surface area contributed by atoms with E-state index in [4.69, 9.17) is 10.5 Å². The lowest BCUT2D eigenvalue weighted by Gasteiger charge is -2.13. The maximum absolute atomic E-state index is 11.9. The van der Waals surface area contributed by atoms with E-state index in [9.17, 15) is 4.79 Å². The zero-order valence-electron chi connectivity index (χ0n) is 16.0. The lowest BCUT2D eigenvalue weighted by Crippen LogP contribution is -2.25. The van der Waals surface area contributed by atoms with Gasteiger partial charge in [-0.2, -0.15) is 0 Å². The summed E-state index contributed by atoms with van der Waals surface area (Å²) in [6.07, 6.45) is 2.75. The molecule has 2 heterocycles. The zero-order valence-corrected chi connectivity index (χ0v) is 16.0. The molecule has 0 fully saturated rings. The van der Waals surface area contributed by atoms with Crippen LogP contribution in [0.1, 0.15) is 0 Å². The topological polar surface area (TPSA) is 94.2 Å². The van der Waals surface area contributed by atoms with E-state index in [1.54, 1.807) is 32.4 Å². The Morgan fingerprint density at radius 1 is 0.966 bits per heavy atom. The van der Waals surface area contributed by atoms with Gasteiger partial charge in [-0.3, -0.25) is 4.98 Å². The number of pyridine rings is 1. The Bertz CT molecular complexity index is 1210. The van der Waals surface area contributed by atoms with E-state index in [0.29, 0.717) is 11.6 Å². The van der Waals surface area contributed by atoms with Gasteiger partial charge in [-0.05, 0) is 35.9 Å². The van der Waals surface area contributed by atoms with E-state index in [2.05, 4.69) is 15.0 Å². The summed E-state index contributed by atoms with van der Waals surface area (Å²) in [4.78, 5) is 26.1. The molecule has 7 heteroatoms. The number of hydrogen-bond acceptors (Lipinski definition) is 6. The number of hydrogen-bond donors (Lipinski definition) is 1. The second-order valence-corrected chi connectivity index (χ2v) is 6.68. The summed E-state index contributed by atoms with van der Waals surface area (Å²) in [7, 11) is 3.27. The fourth-order valence-corrected chi connectivity index (χ4v) is 3.01. The van der Waals surface area contributed by atoms with E-state index in [0.717, 1.165) is 33.3 Å². The number of anilines is 1. The highest BCUT2D eigenvalue weighted by Crippen LogP contribution is 2.33. The van der Waals surface area contributed by atoms with Crippen LogP contribution in [0.15, 0.2) is 67.1 Å². The lowest BCUT2D eigenvalue weighted by atomic mass is 9.98. The summed E-state index contributed by atoms with van der Waals surface area (Å²) in [5.74, 6) is 0.883. The molecule has 0 aliphatic heterocycles. The maximum Gasteiger partial charge on any atom is 0.414 e. The van der Waals surface area contributed by atoms with Crippen molar-refractivity contribution in [2.75, 3.05) is 19.8 Å².